The van der Waals surface area contributed by atoms with Crippen LogP contribution in [0, 0.1) is 46.7 Å². The molecule has 6 aromatic heterocycles. The first kappa shape index (κ1) is 50.2. The number of benzene rings is 4. The molecule has 372 valence electrons. The van der Waals surface area contributed by atoms with Gasteiger partial charge >= 0.3 is 17.2 Å². The molecule has 0 saturated carbocycles. The molecule has 1 N–H and O–H groups in total. The minimum atomic E-state index is -1.38. The zero-order chi connectivity index (χ0) is 53.0. The first-order chi connectivity index (χ1) is 35.9. The topological polar surface area (TPSA) is 171 Å². The van der Waals surface area contributed by atoms with Gasteiger partial charge in [-0.25, -0.2) is 31.9 Å². The van der Waals surface area contributed by atoms with Crippen LogP contribution in [0.1, 0.15) is 32.3 Å². The number of ether oxygens (including phenoxy) is 1. The van der Waals surface area contributed by atoms with E-state index in [2.05, 4.69) is 32.7 Å². The molecule has 4 aromatic carbocycles. The molecule has 6 heterocycles. The number of aromatic nitrogens is 6. The number of nitriles is 1. The molecule has 0 radical (unpaired) electrons. The van der Waals surface area contributed by atoms with E-state index in [0.717, 1.165) is 43.9 Å². The van der Waals surface area contributed by atoms with Gasteiger partial charge in [-0.2, -0.15) is 10.1 Å². The molecule has 0 aliphatic carbocycles. The zero-order valence-corrected chi connectivity index (χ0v) is 42.5. The molecule has 75 heavy (non-hydrogen) atoms. The fraction of sp³-hybridized carbons (Fsp3) is 0.148. The van der Waals surface area contributed by atoms with Crippen molar-refractivity contribution >= 4 is 93.7 Å². The Bertz CT molecular complexity index is 4510. The molecule has 14 nitrogen and oxygen atoms in total. The van der Waals surface area contributed by atoms with E-state index in [0.29, 0.717) is 37.2 Å². The molecule has 10 rings (SSSR count). The Morgan fingerprint density at radius 3 is 2.01 bits per heavy atom. The van der Waals surface area contributed by atoms with Crippen LogP contribution in [0.15, 0.2) is 117 Å². The van der Waals surface area contributed by atoms with Crippen molar-refractivity contribution in [1.29, 1.82) is 5.26 Å². The number of methoxy groups -OCH3 is 1. The number of pyridine rings is 2. The molecule has 0 fully saturated rings. The Hall–Kier alpha value is -8.35. The molecule has 0 bridgehead atoms. The maximum atomic E-state index is 14.7. The summed E-state index contributed by atoms with van der Waals surface area (Å²) in [7, 11) is 1.30. The molecule has 0 aliphatic heterocycles. The van der Waals surface area contributed by atoms with Crippen molar-refractivity contribution in [1.82, 2.24) is 28.2 Å². The van der Waals surface area contributed by atoms with E-state index in [1.807, 2.05) is 6.07 Å². The van der Waals surface area contributed by atoms with E-state index in [-0.39, 0.29) is 90.1 Å². The lowest BCUT2D eigenvalue weighted by Gasteiger charge is -2.12. The smallest absolute Gasteiger partial charge is 0.433 e. The average molecular weight is 1080 g/mol. The van der Waals surface area contributed by atoms with Gasteiger partial charge in [0.2, 0.25) is 0 Å². The number of fused-ring (bicyclic) bond motifs is 4. The van der Waals surface area contributed by atoms with Crippen LogP contribution in [0.3, 0.4) is 0 Å². The van der Waals surface area contributed by atoms with Crippen LogP contribution in [0.5, 0.6) is 5.75 Å². The third kappa shape index (κ3) is 9.35. The van der Waals surface area contributed by atoms with Crippen molar-refractivity contribution in [2.45, 2.75) is 45.4 Å². The van der Waals surface area contributed by atoms with Crippen molar-refractivity contribution in [3.63, 3.8) is 0 Å². The Kier molecular flexibility index (Phi) is 13.3. The molecule has 0 aliphatic rings. The normalized spacial score (nSPS) is 11.5. The SMILES string of the molecule is COc1cc(-c2cc3c(s2)c(=O)n(-c2cnc([N+]#CCCn4c(=O)n(-c5cncc6ccc(F)cc56)c(=O)c5sc(-c6ccc(F)cc6Cl)cc54)c4ccc(C#CC(C)(C)O)cc24)c(=O)n3CCC#N)c(Cl)cc1F. The Balaban J connectivity index is 1.11. The third-order valence-electron chi connectivity index (χ3n) is 12.0. The van der Waals surface area contributed by atoms with Gasteiger partial charge in [0.25, 0.3) is 11.1 Å². The lowest BCUT2D eigenvalue weighted by molar-refractivity contribution is 0.143. The Morgan fingerprint density at radius 2 is 1.36 bits per heavy atom. The van der Waals surface area contributed by atoms with Crippen LogP contribution in [0.2, 0.25) is 10.0 Å². The van der Waals surface area contributed by atoms with Crippen molar-refractivity contribution in [2.75, 3.05) is 7.11 Å². The van der Waals surface area contributed by atoms with E-state index in [4.69, 9.17) is 27.9 Å². The highest BCUT2D eigenvalue weighted by Gasteiger charge is 2.26. The summed E-state index contributed by atoms with van der Waals surface area (Å²) in [4.78, 5) is 72.6. The first-order valence-electron chi connectivity index (χ1n) is 22.5. The molecule has 0 saturated heterocycles. The monoisotopic (exact) mass is 1080 g/mol. The number of aliphatic hydroxyl groups is 1. The highest BCUT2D eigenvalue weighted by Crippen LogP contribution is 2.40. The van der Waals surface area contributed by atoms with Gasteiger partial charge in [0.1, 0.15) is 32.3 Å². The number of thiophene rings is 2. The fourth-order valence-corrected chi connectivity index (χ4v) is 11.4. The summed E-state index contributed by atoms with van der Waals surface area (Å²) in [6.07, 6.45) is 3.91. The molecule has 0 amide bonds. The van der Waals surface area contributed by atoms with Gasteiger partial charge in [0, 0.05) is 61.9 Å². The highest BCUT2D eigenvalue weighted by molar-refractivity contribution is 7.22. The molecule has 0 unspecified atom stereocenters. The van der Waals surface area contributed by atoms with Crippen LogP contribution < -0.4 is 27.2 Å². The van der Waals surface area contributed by atoms with E-state index < -0.39 is 45.6 Å². The fourth-order valence-electron chi connectivity index (χ4n) is 8.52. The Morgan fingerprint density at radius 1 is 0.733 bits per heavy atom. The second-order valence-corrected chi connectivity index (χ2v) is 20.3. The average Bonchev–Trinajstić information content (AvgIpc) is 4.06. The molecular formula is C54H34Cl2F3N8O6S2+. The first-order valence-corrected chi connectivity index (χ1v) is 24.9. The van der Waals surface area contributed by atoms with Crippen LogP contribution in [-0.4, -0.2) is 46.1 Å². The number of aryl methyl sites for hydroxylation is 2. The number of rotatable bonds is 9. The zero-order valence-electron chi connectivity index (χ0n) is 39.3. The van der Waals surface area contributed by atoms with Crippen molar-refractivity contribution in [3.05, 3.63) is 177 Å². The van der Waals surface area contributed by atoms with Crippen LogP contribution in [-0.2, 0) is 13.1 Å². The molecular weight excluding hydrogens is 1050 g/mol. The van der Waals surface area contributed by atoms with E-state index in [1.165, 1.54) is 85.1 Å². The summed E-state index contributed by atoms with van der Waals surface area (Å²) in [5, 5.41) is 21.5. The lowest BCUT2D eigenvalue weighted by atomic mass is 10.1. The molecule has 0 spiro atoms. The number of nitrogens with zero attached hydrogens (tertiary/aromatic N) is 8. The van der Waals surface area contributed by atoms with Crippen LogP contribution in [0.4, 0.5) is 19.0 Å². The maximum absolute atomic E-state index is 14.7. The van der Waals surface area contributed by atoms with Gasteiger partial charge in [-0.3, -0.25) is 23.7 Å². The van der Waals surface area contributed by atoms with Crippen LogP contribution >= 0.6 is 45.9 Å². The maximum Gasteiger partial charge on any atom is 0.433 e. The molecule has 21 heteroatoms. The second kappa shape index (κ2) is 19.8. The summed E-state index contributed by atoms with van der Waals surface area (Å²) >= 11 is 15.0. The minimum absolute atomic E-state index is 0.0300. The summed E-state index contributed by atoms with van der Waals surface area (Å²) in [6.45, 7) is 2.80. The predicted molar refractivity (Wildman–Crippen MR) is 286 cm³/mol. The van der Waals surface area contributed by atoms with Crippen molar-refractivity contribution in [3.8, 4) is 62.0 Å². The standard InChI is InChI=1S/C54H34Cl2F3N8O6S2/c1-54(2,72)13-12-28-6-10-32-35(18-28)43(67-51(69)48-41(64(52(67)70)16-4-14-60)24-46(75-48)36-21-44(73-3)39(59)22-38(36)56)27-63-49(32)62-15-5-17-65-40-23-45(33-11-9-31(58)20-37(33)55)74-47(40)50(68)66(53(65)71)42-26-61-25-29-7-8-30(57)19-34(29)42/h6-11,18-27,72H,4-5,16-17H2,1-3H3/q+1. The lowest BCUT2D eigenvalue weighted by Crippen LogP contribution is -2.38. The Labute approximate surface area is 439 Å². The van der Waals surface area contributed by atoms with Gasteiger partial charge in [0.05, 0.1) is 64.4 Å². The second-order valence-electron chi connectivity index (χ2n) is 17.4. The van der Waals surface area contributed by atoms with Crippen molar-refractivity contribution < 1.29 is 23.0 Å². The summed E-state index contributed by atoms with van der Waals surface area (Å²) in [5.74, 6) is 3.83. The summed E-state index contributed by atoms with van der Waals surface area (Å²) in [5.41, 5.74) is -2.72. The molecule has 0 atom stereocenters. The highest BCUT2D eigenvalue weighted by atomic mass is 35.5. The number of hydrogen-bond donors (Lipinski definition) is 1. The van der Waals surface area contributed by atoms with E-state index >= 15 is 0 Å². The van der Waals surface area contributed by atoms with Gasteiger partial charge in [-0.1, -0.05) is 35.0 Å². The summed E-state index contributed by atoms with van der Waals surface area (Å²) < 4.78 is 53.4. The van der Waals surface area contributed by atoms with Gasteiger partial charge in [-0.15, -0.1) is 22.7 Å². The number of halogens is 5. The van der Waals surface area contributed by atoms with E-state index in [9.17, 15) is 42.7 Å². The minimum Gasteiger partial charge on any atom is -0.494 e. The largest absolute Gasteiger partial charge is 0.494 e. The van der Waals surface area contributed by atoms with E-state index in [1.54, 1.807) is 30.3 Å². The van der Waals surface area contributed by atoms with Gasteiger partial charge in [-0.05, 0) is 97.7 Å². The van der Waals surface area contributed by atoms with Gasteiger partial charge in [0.15, 0.2) is 23.8 Å². The predicted octanol–water partition coefficient (Wildman–Crippen LogP) is 11.0. The third-order valence-corrected chi connectivity index (χ3v) is 14.9. The summed E-state index contributed by atoms with van der Waals surface area (Å²) in [6, 6.07) is 23.3. The molecule has 10 aromatic rings. The quantitative estimate of drug-likeness (QED) is 0.138. The van der Waals surface area contributed by atoms with Crippen molar-refractivity contribution in [2.24, 2.45) is 0 Å². The van der Waals surface area contributed by atoms with Crippen LogP contribution in [0.25, 0.3) is 79.1 Å². The number of hydrogen-bond acceptors (Lipinski definition) is 11. The van der Waals surface area contributed by atoms with Gasteiger partial charge < -0.3 is 9.84 Å².